The van der Waals surface area contributed by atoms with Gasteiger partial charge in [-0.1, -0.05) is 29.8 Å². The van der Waals surface area contributed by atoms with Gasteiger partial charge in [-0.05, 0) is 18.9 Å². The van der Waals surface area contributed by atoms with Crippen LogP contribution in [0.1, 0.15) is 11.1 Å². The summed E-state index contributed by atoms with van der Waals surface area (Å²) in [7, 11) is 0. The topological polar surface area (TPSA) is 50.4 Å². The molecule has 4 nitrogen and oxygen atoms in total. The van der Waals surface area contributed by atoms with Crippen molar-refractivity contribution >= 4 is 18.3 Å². The van der Waals surface area contributed by atoms with Gasteiger partial charge in [-0.15, -0.1) is 12.4 Å². The Bertz CT molecular complexity index is 389. The van der Waals surface area contributed by atoms with Crippen LogP contribution in [-0.4, -0.2) is 38.3 Å². The van der Waals surface area contributed by atoms with Gasteiger partial charge in [0.15, 0.2) is 0 Å². The first-order valence-electron chi connectivity index (χ1n) is 6.40. The van der Waals surface area contributed by atoms with E-state index >= 15 is 0 Å². The monoisotopic (exact) mass is 284 g/mol. The first-order chi connectivity index (χ1) is 8.75. The van der Waals surface area contributed by atoms with Gasteiger partial charge in [0, 0.05) is 13.1 Å². The minimum Gasteiger partial charge on any atom is -0.378 e. The molecule has 1 fully saturated rings. The molecule has 2 rings (SSSR count). The number of hydrogen-bond donors (Lipinski definition) is 2. The zero-order valence-electron chi connectivity index (χ0n) is 11.1. The fraction of sp³-hybridized carbons (Fsp3) is 0.500. The smallest absolute Gasteiger partial charge is 0.239 e. The third-order valence-electron chi connectivity index (χ3n) is 3.07. The summed E-state index contributed by atoms with van der Waals surface area (Å²) in [4.78, 5) is 11.8. The summed E-state index contributed by atoms with van der Waals surface area (Å²) in [6, 6.07) is 8.19. The van der Waals surface area contributed by atoms with Crippen LogP contribution in [-0.2, 0) is 16.0 Å². The SMILES string of the molecule is Cc1ccc(CCNC(=O)C2COCCN2)cc1.Cl. The van der Waals surface area contributed by atoms with Gasteiger partial charge in [0.05, 0.1) is 13.2 Å². The number of morpholine rings is 1. The molecule has 1 aromatic carbocycles. The highest BCUT2D eigenvalue weighted by molar-refractivity contribution is 5.85. The molecule has 19 heavy (non-hydrogen) atoms. The Kier molecular flexibility index (Phi) is 6.84. The number of nitrogens with one attached hydrogen (secondary N) is 2. The van der Waals surface area contributed by atoms with Crippen molar-refractivity contribution in [3.8, 4) is 0 Å². The van der Waals surface area contributed by atoms with Crippen LogP contribution in [0.5, 0.6) is 0 Å². The molecule has 1 unspecified atom stereocenters. The van der Waals surface area contributed by atoms with E-state index in [-0.39, 0.29) is 24.4 Å². The zero-order chi connectivity index (χ0) is 12.8. The Morgan fingerprint density at radius 2 is 2.16 bits per heavy atom. The summed E-state index contributed by atoms with van der Waals surface area (Å²) >= 11 is 0. The second-order valence-corrected chi connectivity index (χ2v) is 4.61. The first-order valence-corrected chi connectivity index (χ1v) is 6.40. The van der Waals surface area contributed by atoms with Crippen molar-refractivity contribution in [1.82, 2.24) is 10.6 Å². The maximum atomic E-state index is 11.8. The average molecular weight is 285 g/mol. The van der Waals surface area contributed by atoms with Gasteiger partial charge in [-0.25, -0.2) is 0 Å². The van der Waals surface area contributed by atoms with Gasteiger partial charge in [0.2, 0.25) is 5.91 Å². The van der Waals surface area contributed by atoms with Gasteiger partial charge in [-0.3, -0.25) is 4.79 Å². The second kappa shape index (κ2) is 8.15. The predicted molar refractivity (Wildman–Crippen MR) is 77.8 cm³/mol. The van der Waals surface area contributed by atoms with Gasteiger partial charge in [0.1, 0.15) is 6.04 Å². The largest absolute Gasteiger partial charge is 0.378 e. The van der Waals surface area contributed by atoms with Crippen molar-refractivity contribution in [2.75, 3.05) is 26.3 Å². The van der Waals surface area contributed by atoms with Crippen LogP contribution in [0.15, 0.2) is 24.3 Å². The van der Waals surface area contributed by atoms with Crippen molar-refractivity contribution in [3.63, 3.8) is 0 Å². The summed E-state index contributed by atoms with van der Waals surface area (Å²) in [5.41, 5.74) is 2.50. The molecule has 0 aliphatic carbocycles. The van der Waals surface area contributed by atoms with E-state index in [0.29, 0.717) is 19.8 Å². The Balaban J connectivity index is 0.00000180. The molecule has 1 heterocycles. The van der Waals surface area contributed by atoms with E-state index in [0.717, 1.165) is 13.0 Å². The van der Waals surface area contributed by atoms with Crippen LogP contribution < -0.4 is 10.6 Å². The number of aryl methyl sites for hydroxylation is 1. The third kappa shape index (κ3) is 5.19. The van der Waals surface area contributed by atoms with Crippen LogP contribution in [0.2, 0.25) is 0 Å². The lowest BCUT2D eigenvalue weighted by Gasteiger charge is -2.22. The van der Waals surface area contributed by atoms with E-state index in [9.17, 15) is 4.79 Å². The van der Waals surface area contributed by atoms with Crippen LogP contribution in [0.4, 0.5) is 0 Å². The average Bonchev–Trinajstić information content (AvgIpc) is 2.42. The lowest BCUT2D eigenvalue weighted by molar-refractivity contribution is -0.125. The molecule has 0 spiro atoms. The summed E-state index contributed by atoms with van der Waals surface area (Å²) < 4.78 is 5.26. The van der Waals surface area contributed by atoms with Crippen LogP contribution in [0.25, 0.3) is 0 Å². The Hall–Kier alpha value is -1.10. The Morgan fingerprint density at radius 1 is 1.42 bits per heavy atom. The van der Waals surface area contributed by atoms with Gasteiger partial charge in [-0.2, -0.15) is 0 Å². The fourth-order valence-electron chi connectivity index (χ4n) is 1.94. The summed E-state index contributed by atoms with van der Waals surface area (Å²) in [5.74, 6) is 0.0295. The van der Waals surface area contributed by atoms with Crippen LogP contribution in [0.3, 0.4) is 0 Å². The standard InChI is InChI=1S/C14H20N2O2.ClH/c1-11-2-4-12(5-3-11)6-7-16-14(17)13-10-18-9-8-15-13;/h2-5,13,15H,6-10H2,1H3,(H,16,17);1H. The lowest BCUT2D eigenvalue weighted by atomic mass is 10.1. The number of ether oxygens (including phenoxy) is 1. The van der Waals surface area contributed by atoms with Crippen LogP contribution in [0, 0.1) is 6.92 Å². The maximum Gasteiger partial charge on any atom is 0.239 e. The minimum atomic E-state index is -0.197. The number of carbonyl (C=O) groups excluding carboxylic acids is 1. The van der Waals surface area contributed by atoms with Crippen molar-refractivity contribution in [2.45, 2.75) is 19.4 Å². The van der Waals surface area contributed by atoms with Gasteiger partial charge < -0.3 is 15.4 Å². The first kappa shape index (κ1) is 16.0. The Morgan fingerprint density at radius 3 is 2.79 bits per heavy atom. The highest BCUT2D eigenvalue weighted by Crippen LogP contribution is 2.03. The Labute approximate surface area is 120 Å². The van der Waals surface area contributed by atoms with Crippen LogP contribution >= 0.6 is 12.4 Å². The molecule has 0 aromatic heterocycles. The lowest BCUT2D eigenvalue weighted by Crippen LogP contribution is -2.51. The summed E-state index contributed by atoms with van der Waals surface area (Å²) in [5, 5.41) is 6.07. The molecule has 5 heteroatoms. The second-order valence-electron chi connectivity index (χ2n) is 4.61. The van der Waals surface area contributed by atoms with Gasteiger partial charge >= 0.3 is 0 Å². The highest BCUT2D eigenvalue weighted by atomic mass is 35.5. The van der Waals surface area contributed by atoms with E-state index in [1.807, 2.05) is 0 Å². The number of carbonyl (C=O) groups is 1. The number of amides is 1. The van der Waals surface area contributed by atoms with E-state index in [4.69, 9.17) is 4.74 Å². The number of benzene rings is 1. The van der Waals surface area contributed by atoms with E-state index < -0.39 is 0 Å². The normalized spacial score (nSPS) is 18.5. The fourth-order valence-corrected chi connectivity index (χ4v) is 1.94. The highest BCUT2D eigenvalue weighted by Gasteiger charge is 2.20. The maximum absolute atomic E-state index is 11.8. The molecular formula is C14H21ClN2O2. The number of halogens is 1. The molecule has 1 saturated heterocycles. The quantitative estimate of drug-likeness (QED) is 0.869. The number of hydrogen-bond acceptors (Lipinski definition) is 3. The molecule has 2 N–H and O–H groups in total. The molecule has 1 atom stereocenters. The van der Waals surface area contributed by atoms with Crippen molar-refractivity contribution in [1.29, 1.82) is 0 Å². The summed E-state index contributed by atoms with van der Waals surface area (Å²) in [6.07, 6.45) is 0.861. The van der Waals surface area contributed by atoms with Crippen molar-refractivity contribution in [3.05, 3.63) is 35.4 Å². The van der Waals surface area contributed by atoms with Gasteiger partial charge in [0.25, 0.3) is 0 Å². The summed E-state index contributed by atoms with van der Waals surface area (Å²) in [6.45, 7) is 4.64. The van der Waals surface area contributed by atoms with E-state index in [2.05, 4.69) is 41.8 Å². The van der Waals surface area contributed by atoms with E-state index in [1.54, 1.807) is 0 Å². The molecule has 1 amide bonds. The molecule has 106 valence electrons. The van der Waals surface area contributed by atoms with Crippen molar-refractivity contribution in [2.24, 2.45) is 0 Å². The number of rotatable bonds is 4. The zero-order valence-corrected chi connectivity index (χ0v) is 12.0. The molecule has 0 saturated carbocycles. The molecule has 1 aliphatic heterocycles. The third-order valence-corrected chi connectivity index (χ3v) is 3.07. The predicted octanol–water partition coefficient (Wildman–Crippen LogP) is 1.06. The molecular weight excluding hydrogens is 264 g/mol. The van der Waals surface area contributed by atoms with E-state index in [1.165, 1.54) is 11.1 Å². The molecule has 1 aliphatic rings. The molecule has 1 aromatic rings. The molecule has 0 bridgehead atoms. The minimum absolute atomic E-state index is 0. The van der Waals surface area contributed by atoms with Crippen molar-refractivity contribution < 1.29 is 9.53 Å². The molecule has 0 radical (unpaired) electrons.